The summed E-state index contributed by atoms with van der Waals surface area (Å²) in [6.45, 7) is 3.46. The van der Waals surface area contributed by atoms with Gasteiger partial charge < -0.3 is 10.2 Å². The van der Waals surface area contributed by atoms with E-state index in [0.29, 0.717) is 18.3 Å². The number of carbonyl (C=O) groups excluding carboxylic acids is 1. The maximum Gasteiger partial charge on any atom is 0.416 e. The number of carbonyl (C=O) groups is 1. The molecular weight excluding hydrogens is 317 g/mol. The van der Waals surface area contributed by atoms with Crippen molar-refractivity contribution in [2.24, 2.45) is 17.8 Å². The molecule has 3 nitrogen and oxygen atoms in total. The van der Waals surface area contributed by atoms with Crippen LogP contribution in [0.5, 0.6) is 0 Å². The Kier molecular flexibility index (Phi) is 3.82. The van der Waals surface area contributed by atoms with Crippen molar-refractivity contribution < 1.29 is 18.0 Å². The van der Waals surface area contributed by atoms with E-state index in [0.717, 1.165) is 38.7 Å². The fourth-order valence-corrected chi connectivity index (χ4v) is 4.36. The van der Waals surface area contributed by atoms with Gasteiger partial charge in [0.1, 0.15) is 0 Å². The van der Waals surface area contributed by atoms with Gasteiger partial charge in [-0.2, -0.15) is 13.2 Å². The maximum atomic E-state index is 13.2. The molecule has 130 valence electrons. The third kappa shape index (κ3) is 2.81. The van der Waals surface area contributed by atoms with Crippen molar-refractivity contribution in [3.05, 3.63) is 35.4 Å². The summed E-state index contributed by atoms with van der Waals surface area (Å²) in [6, 6.07) is 5.67. The number of nitrogens with one attached hydrogen (secondary N) is 1. The molecule has 1 N–H and O–H groups in total. The average molecular weight is 338 g/mol. The number of halogens is 3. The van der Waals surface area contributed by atoms with Crippen LogP contribution in [0.4, 0.5) is 13.2 Å². The maximum absolute atomic E-state index is 13.2. The number of nitrogens with zero attached hydrogens (tertiary/aromatic N) is 1. The summed E-state index contributed by atoms with van der Waals surface area (Å²) >= 11 is 0. The predicted molar refractivity (Wildman–Crippen MR) is 83.3 cm³/mol. The highest BCUT2D eigenvalue weighted by Crippen LogP contribution is 2.52. The molecule has 24 heavy (non-hydrogen) atoms. The summed E-state index contributed by atoms with van der Waals surface area (Å²) in [5.74, 6) is 0.633. The van der Waals surface area contributed by atoms with Crippen molar-refractivity contribution in [3.63, 3.8) is 0 Å². The lowest BCUT2D eigenvalue weighted by Crippen LogP contribution is -2.44. The molecule has 2 heterocycles. The SMILES string of the molecule is O=C([C@@H]1C[C@H]1c1ccccc1C(F)(F)F)N1CC[C@H]2CNC[C@H]2C1. The molecule has 0 radical (unpaired) electrons. The molecule has 4 atom stereocenters. The van der Waals surface area contributed by atoms with E-state index in [2.05, 4.69) is 5.32 Å². The number of benzene rings is 1. The number of rotatable bonds is 2. The summed E-state index contributed by atoms with van der Waals surface area (Å²) in [5.41, 5.74) is -0.315. The number of hydrogen-bond acceptors (Lipinski definition) is 2. The number of hydrogen-bond donors (Lipinski definition) is 1. The van der Waals surface area contributed by atoms with Crippen LogP contribution in [-0.4, -0.2) is 37.0 Å². The van der Waals surface area contributed by atoms with Crippen molar-refractivity contribution >= 4 is 5.91 Å². The lowest BCUT2D eigenvalue weighted by atomic mass is 9.88. The number of fused-ring (bicyclic) bond motifs is 1. The van der Waals surface area contributed by atoms with Crippen molar-refractivity contribution in [1.82, 2.24) is 10.2 Å². The molecule has 1 aromatic carbocycles. The van der Waals surface area contributed by atoms with Gasteiger partial charge in [-0.3, -0.25) is 4.79 Å². The van der Waals surface area contributed by atoms with Gasteiger partial charge in [-0.25, -0.2) is 0 Å². The number of amides is 1. The van der Waals surface area contributed by atoms with Gasteiger partial charge in [0.25, 0.3) is 0 Å². The third-order valence-corrected chi connectivity index (χ3v) is 5.79. The first-order valence-corrected chi connectivity index (χ1v) is 8.61. The molecule has 1 amide bonds. The molecule has 0 unspecified atom stereocenters. The highest BCUT2D eigenvalue weighted by Gasteiger charge is 2.50. The lowest BCUT2D eigenvalue weighted by molar-refractivity contribution is -0.139. The molecule has 2 aliphatic heterocycles. The van der Waals surface area contributed by atoms with Gasteiger partial charge in [0.2, 0.25) is 5.91 Å². The first-order valence-electron chi connectivity index (χ1n) is 8.61. The normalized spacial score (nSPS) is 32.5. The second kappa shape index (κ2) is 5.76. The average Bonchev–Trinajstić information content (AvgIpc) is 3.22. The topological polar surface area (TPSA) is 32.3 Å². The first kappa shape index (κ1) is 15.9. The minimum atomic E-state index is -4.36. The van der Waals surface area contributed by atoms with Gasteiger partial charge in [-0.15, -0.1) is 0 Å². The van der Waals surface area contributed by atoms with E-state index in [9.17, 15) is 18.0 Å². The monoisotopic (exact) mass is 338 g/mol. The number of likely N-dealkylation sites (tertiary alicyclic amines) is 1. The van der Waals surface area contributed by atoms with Crippen LogP contribution in [0.2, 0.25) is 0 Å². The van der Waals surface area contributed by atoms with Gasteiger partial charge in [0.15, 0.2) is 0 Å². The van der Waals surface area contributed by atoms with Gasteiger partial charge >= 0.3 is 6.18 Å². The van der Waals surface area contributed by atoms with Crippen LogP contribution in [0.3, 0.4) is 0 Å². The lowest BCUT2D eigenvalue weighted by Gasteiger charge is -2.34. The Morgan fingerprint density at radius 2 is 1.92 bits per heavy atom. The molecule has 0 spiro atoms. The van der Waals surface area contributed by atoms with Gasteiger partial charge in [-0.1, -0.05) is 18.2 Å². The van der Waals surface area contributed by atoms with Crippen molar-refractivity contribution in [2.75, 3.05) is 26.2 Å². The zero-order chi connectivity index (χ0) is 16.9. The predicted octanol–water partition coefficient (Wildman–Crippen LogP) is 2.88. The van der Waals surface area contributed by atoms with Gasteiger partial charge in [0.05, 0.1) is 5.56 Å². The molecule has 0 aromatic heterocycles. The Labute approximate surface area is 139 Å². The van der Waals surface area contributed by atoms with Gasteiger partial charge in [-0.05, 0) is 55.3 Å². The molecule has 2 saturated heterocycles. The van der Waals surface area contributed by atoms with E-state index in [4.69, 9.17) is 0 Å². The van der Waals surface area contributed by atoms with Crippen LogP contribution in [0.1, 0.15) is 29.9 Å². The van der Waals surface area contributed by atoms with Crippen LogP contribution in [0.25, 0.3) is 0 Å². The molecule has 3 fully saturated rings. The summed E-state index contributed by atoms with van der Waals surface area (Å²) in [6.07, 6.45) is -2.82. The molecule has 4 rings (SSSR count). The summed E-state index contributed by atoms with van der Waals surface area (Å²) < 4.78 is 39.5. The smallest absolute Gasteiger partial charge is 0.342 e. The van der Waals surface area contributed by atoms with Crippen molar-refractivity contribution in [1.29, 1.82) is 0 Å². The van der Waals surface area contributed by atoms with Crippen LogP contribution >= 0.6 is 0 Å². The fraction of sp³-hybridized carbons (Fsp3) is 0.611. The first-order chi connectivity index (χ1) is 11.4. The Hall–Kier alpha value is -1.56. The molecule has 1 saturated carbocycles. The molecular formula is C18H21F3N2O. The molecule has 1 aliphatic carbocycles. The van der Waals surface area contributed by atoms with Crippen LogP contribution < -0.4 is 5.32 Å². The number of alkyl halides is 3. The highest BCUT2D eigenvalue weighted by molar-refractivity contribution is 5.83. The van der Waals surface area contributed by atoms with E-state index < -0.39 is 11.7 Å². The minimum Gasteiger partial charge on any atom is -0.342 e. The van der Waals surface area contributed by atoms with Crippen molar-refractivity contribution in [2.45, 2.75) is 24.9 Å². The molecule has 3 aliphatic rings. The standard InChI is InChI=1S/C18H21F3N2O/c19-18(20,21)16-4-2-1-3-13(16)14-7-15(14)17(24)23-6-5-11-8-22-9-12(11)10-23/h1-4,11-12,14-15,22H,5-10H2/t11-,12-,14-,15+/m0/s1. The van der Waals surface area contributed by atoms with Gasteiger partial charge in [0, 0.05) is 19.0 Å². The van der Waals surface area contributed by atoms with Crippen LogP contribution in [-0.2, 0) is 11.0 Å². The molecule has 6 heteroatoms. The van der Waals surface area contributed by atoms with Crippen molar-refractivity contribution in [3.8, 4) is 0 Å². The third-order valence-electron chi connectivity index (χ3n) is 5.79. The second-order valence-corrected chi connectivity index (χ2v) is 7.29. The Morgan fingerprint density at radius 3 is 2.71 bits per heavy atom. The summed E-state index contributed by atoms with van der Waals surface area (Å²) in [4.78, 5) is 14.6. The Balaban J connectivity index is 1.46. The second-order valence-electron chi connectivity index (χ2n) is 7.29. The Bertz CT molecular complexity index is 645. The van der Waals surface area contributed by atoms with E-state index in [-0.39, 0.29) is 23.3 Å². The fourth-order valence-electron chi connectivity index (χ4n) is 4.36. The zero-order valence-corrected chi connectivity index (χ0v) is 13.4. The van der Waals surface area contributed by atoms with E-state index in [1.165, 1.54) is 12.1 Å². The van der Waals surface area contributed by atoms with E-state index >= 15 is 0 Å². The van der Waals surface area contributed by atoms with E-state index in [1.54, 1.807) is 6.07 Å². The molecule has 0 bridgehead atoms. The van der Waals surface area contributed by atoms with Crippen LogP contribution in [0.15, 0.2) is 24.3 Å². The highest BCUT2D eigenvalue weighted by atomic mass is 19.4. The summed E-state index contributed by atoms with van der Waals surface area (Å²) in [7, 11) is 0. The quantitative estimate of drug-likeness (QED) is 0.899. The minimum absolute atomic E-state index is 0.0438. The van der Waals surface area contributed by atoms with E-state index in [1.807, 2.05) is 4.90 Å². The number of piperidine rings is 1. The molecule has 1 aromatic rings. The van der Waals surface area contributed by atoms with Crippen LogP contribution in [0, 0.1) is 17.8 Å². The largest absolute Gasteiger partial charge is 0.416 e. The zero-order valence-electron chi connectivity index (χ0n) is 13.4. The Morgan fingerprint density at radius 1 is 1.17 bits per heavy atom. The summed E-state index contributed by atoms with van der Waals surface area (Å²) in [5, 5.41) is 3.36.